The summed E-state index contributed by atoms with van der Waals surface area (Å²) in [7, 11) is 1.43. The molecule has 0 N–H and O–H groups in total. The van der Waals surface area contributed by atoms with Crippen LogP contribution in [0.3, 0.4) is 0 Å². The summed E-state index contributed by atoms with van der Waals surface area (Å²) in [5.41, 5.74) is 1.01. The highest BCUT2D eigenvalue weighted by atomic mass is 79.9. The molecule has 0 radical (unpaired) electrons. The van der Waals surface area contributed by atoms with Crippen LogP contribution >= 0.6 is 15.9 Å². The van der Waals surface area contributed by atoms with Gasteiger partial charge in [-0.2, -0.15) is 0 Å². The normalized spacial score (nSPS) is 19.6. The van der Waals surface area contributed by atoms with Gasteiger partial charge in [0.25, 0.3) is 0 Å². The van der Waals surface area contributed by atoms with Gasteiger partial charge < -0.3 is 9.64 Å². The van der Waals surface area contributed by atoms with E-state index in [0.717, 1.165) is 42.2 Å². The molecule has 2 rings (SSSR count). The van der Waals surface area contributed by atoms with Crippen LogP contribution in [-0.4, -0.2) is 55.2 Å². The second-order valence-electron chi connectivity index (χ2n) is 5.41. The number of rotatable bonds is 4. The molecule has 1 atom stereocenters. The lowest BCUT2D eigenvalue weighted by molar-refractivity contribution is -0.141. The number of hydrogen-bond donors (Lipinski definition) is 0. The molecular weight excluding hydrogens is 334 g/mol. The molecule has 1 unspecified atom stereocenters. The Hall–Kier alpha value is -1.14. The first-order chi connectivity index (χ1) is 10.0. The molecule has 116 valence electrons. The van der Waals surface area contributed by atoms with Crippen LogP contribution in [0.4, 0.5) is 5.82 Å². The van der Waals surface area contributed by atoms with Gasteiger partial charge in [0.1, 0.15) is 5.82 Å². The smallest absolute Gasteiger partial charge is 0.306 e. The maximum Gasteiger partial charge on any atom is 0.306 e. The second-order valence-corrected chi connectivity index (χ2v) is 6.26. The van der Waals surface area contributed by atoms with Gasteiger partial charge in [-0.1, -0.05) is 0 Å². The molecule has 0 aliphatic carbocycles. The number of nitrogens with zero attached hydrogens (tertiary/aromatic N) is 3. The van der Waals surface area contributed by atoms with Gasteiger partial charge in [-0.25, -0.2) is 4.98 Å². The molecule has 0 amide bonds. The predicted molar refractivity (Wildman–Crippen MR) is 86.6 cm³/mol. The number of ether oxygens (including phenoxy) is 1. The number of anilines is 1. The summed E-state index contributed by atoms with van der Waals surface area (Å²) in [6, 6.07) is 4.48. The molecule has 0 spiro atoms. The Balaban J connectivity index is 1.94. The number of carbonyl (C=O) groups is 1. The Labute approximate surface area is 134 Å². The molecule has 1 saturated heterocycles. The third kappa shape index (κ3) is 4.17. The third-order valence-corrected chi connectivity index (χ3v) is 4.71. The Morgan fingerprint density at radius 2 is 2.24 bits per heavy atom. The predicted octanol–water partition coefficient (Wildman–Crippen LogP) is 2.23. The van der Waals surface area contributed by atoms with E-state index in [9.17, 15) is 4.79 Å². The van der Waals surface area contributed by atoms with E-state index in [0.29, 0.717) is 12.5 Å². The summed E-state index contributed by atoms with van der Waals surface area (Å²) < 4.78 is 5.73. The first kappa shape index (κ1) is 16.2. The zero-order chi connectivity index (χ0) is 15.4. The molecule has 21 heavy (non-hydrogen) atoms. The van der Waals surface area contributed by atoms with Gasteiger partial charge in [0, 0.05) is 36.7 Å². The summed E-state index contributed by atoms with van der Waals surface area (Å²) in [5.74, 6) is 0.881. The fourth-order valence-corrected chi connectivity index (χ4v) is 2.84. The molecule has 1 aromatic rings. The Morgan fingerprint density at radius 3 is 2.86 bits per heavy atom. The molecule has 0 aromatic carbocycles. The molecule has 1 aliphatic heterocycles. The van der Waals surface area contributed by atoms with E-state index in [1.165, 1.54) is 7.11 Å². The van der Waals surface area contributed by atoms with Crippen LogP contribution in [0, 0.1) is 6.92 Å². The number of esters is 1. The molecule has 1 fully saturated rings. The van der Waals surface area contributed by atoms with Crippen LogP contribution < -0.4 is 4.90 Å². The topological polar surface area (TPSA) is 45.7 Å². The minimum atomic E-state index is -0.143. The van der Waals surface area contributed by atoms with Crippen molar-refractivity contribution in [3.63, 3.8) is 0 Å². The van der Waals surface area contributed by atoms with E-state index in [4.69, 9.17) is 4.74 Å². The van der Waals surface area contributed by atoms with E-state index >= 15 is 0 Å². The third-order valence-electron chi connectivity index (χ3n) is 3.87. The molecular formula is C15H22BrN3O2. The van der Waals surface area contributed by atoms with Gasteiger partial charge in [-0.05, 0) is 41.9 Å². The van der Waals surface area contributed by atoms with Crippen molar-refractivity contribution < 1.29 is 9.53 Å². The fourth-order valence-electron chi connectivity index (χ4n) is 2.62. The van der Waals surface area contributed by atoms with Crippen molar-refractivity contribution in [2.24, 2.45) is 0 Å². The maximum atomic E-state index is 11.2. The lowest BCUT2D eigenvalue weighted by atomic mass is 10.1. The number of halogens is 1. The van der Waals surface area contributed by atoms with Crippen molar-refractivity contribution in [1.82, 2.24) is 9.88 Å². The molecule has 2 heterocycles. The monoisotopic (exact) mass is 355 g/mol. The van der Waals surface area contributed by atoms with E-state index in [2.05, 4.69) is 43.7 Å². The summed E-state index contributed by atoms with van der Waals surface area (Å²) in [6.07, 6.45) is 0.457. The van der Waals surface area contributed by atoms with E-state index in [-0.39, 0.29) is 5.97 Å². The molecule has 0 saturated carbocycles. The molecule has 1 aliphatic rings. The lowest BCUT2D eigenvalue weighted by Crippen LogP contribution is -2.52. The van der Waals surface area contributed by atoms with Crippen LogP contribution in [0.25, 0.3) is 0 Å². The minimum absolute atomic E-state index is 0.143. The number of methoxy groups -OCH3 is 1. The number of aromatic nitrogens is 1. The van der Waals surface area contributed by atoms with Crippen LogP contribution in [0.15, 0.2) is 16.6 Å². The average Bonchev–Trinajstić information content (AvgIpc) is 2.48. The SMILES string of the molecule is COC(=O)CCN1CCN(c2ccc(Br)c(C)n2)C(C)C1. The first-order valence-electron chi connectivity index (χ1n) is 7.20. The van der Waals surface area contributed by atoms with Crippen molar-refractivity contribution in [2.75, 3.05) is 38.2 Å². The molecule has 6 heteroatoms. The summed E-state index contributed by atoms with van der Waals surface area (Å²) in [4.78, 5) is 20.5. The summed E-state index contributed by atoms with van der Waals surface area (Å²) in [5, 5.41) is 0. The Bertz CT molecular complexity index is 510. The standard InChI is InChI=1S/C15H22BrN3O2/c1-11-10-18(7-6-15(20)21-3)8-9-19(11)14-5-4-13(16)12(2)17-14/h4-5,11H,6-10H2,1-3H3. The lowest BCUT2D eigenvalue weighted by Gasteiger charge is -2.40. The number of pyridine rings is 1. The number of aryl methyl sites for hydroxylation is 1. The largest absolute Gasteiger partial charge is 0.469 e. The van der Waals surface area contributed by atoms with Crippen molar-refractivity contribution in [3.8, 4) is 0 Å². The maximum absolute atomic E-state index is 11.2. The highest BCUT2D eigenvalue weighted by Gasteiger charge is 2.25. The van der Waals surface area contributed by atoms with Crippen LogP contribution in [0.1, 0.15) is 19.0 Å². The van der Waals surface area contributed by atoms with Gasteiger partial charge in [-0.3, -0.25) is 9.69 Å². The highest BCUT2D eigenvalue weighted by molar-refractivity contribution is 9.10. The number of hydrogen-bond acceptors (Lipinski definition) is 5. The molecule has 1 aromatic heterocycles. The summed E-state index contributed by atoms with van der Waals surface area (Å²) >= 11 is 3.49. The van der Waals surface area contributed by atoms with Crippen molar-refractivity contribution >= 4 is 27.7 Å². The average molecular weight is 356 g/mol. The van der Waals surface area contributed by atoms with Crippen LogP contribution in [-0.2, 0) is 9.53 Å². The summed E-state index contributed by atoms with van der Waals surface area (Å²) in [6.45, 7) is 7.77. The van der Waals surface area contributed by atoms with Crippen molar-refractivity contribution in [2.45, 2.75) is 26.3 Å². The van der Waals surface area contributed by atoms with E-state index < -0.39 is 0 Å². The highest BCUT2D eigenvalue weighted by Crippen LogP contribution is 2.22. The Morgan fingerprint density at radius 1 is 1.48 bits per heavy atom. The van der Waals surface area contributed by atoms with E-state index in [1.54, 1.807) is 0 Å². The van der Waals surface area contributed by atoms with Crippen molar-refractivity contribution in [3.05, 3.63) is 22.3 Å². The van der Waals surface area contributed by atoms with Gasteiger partial charge in [0.2, 0.25) is 0 Å². The second kappa shape index (κ2) is 7.22. The van der Waals surface area contributed by atoms with Gasteiger partial charge >= 0.3 is 5.97 Å². The fraction of sp³-hybridized carbons (Fsp3) is 0.600. The molecule has 0 bridgehead atoms. The zero-order valence-corrected chi connectivity index (χ0v) is 14.4. The van der Waals surface area contributed by atoms with Crippen LogP contribution in [0.5, 0.6) is 0 Å². The number of carbonyl (C=O) groups excluding carboxylic acids is 1. The van der Waals surface area contributed by atoms with Gasteiger partial charge in [-0.15, -0.1) is 0 Å². The van der Waals surface area contributed by atoms with Gasteiger partial charge in [0.15, 0.2) is 0 Å². The van der Waals surface area contributed by atoms with E-state index in [1.807, 2.05) is 13.0 Å². The number of piperazine rings is 1. The van der Waals surface area contributed by atoms with Crippen molar-refractivity contribution in [1.29, 1.82) is 0 Å². The zero-order valence-electron chi connectivity index (χ0n) is 12.8. The first-order valence-corrected chi connectivity index (χ1v) is 7.99. The Kier molecular flexibility index (Phi) is 5.58. The van der Waals surface area contributed by atoms with Gasteiger partial charge in [0.05, 0.1) is 19.2 Å². The minimum Gasteiger partial charge on any atom is -0.469 e. The molecule has 5 nitrogen and oxygen atoms in total. The quantitative estimate of drug-likeness (QED) is 0.775. The van der Waals surface area contributed by atoms with Crippen LogP contribution in [0.2, 0.25) is 0 Å².